The lowest BCUT2D eigenvalue weighted by Gasteiger charge is -2.32. The van der Waals surface area contributed by atoms with Crippen LogP contribution in [0.15, 0.2) is 82.6 Å². The van der Waals surface area contributed by atoms with Crippen LogP contribution >= 0.6 is 11.8 Å². The Labute approximate surface area is 173 Å². The number of para-hydroxylation sites is 2. The number of carbonyl (C=O) groups excluding carboxylic acids is 1. The smallest absolute Gasteiger partial charge is 0.251 e. The molecule has 1 saturated heterocycles. The van der Waals surface area contributed by atoms with Gasteiger partial charge in [-0.05, 0) is 55.0 Å². The lowest BCUT2D eigenvalue weighted by atomic mass is 10.1. The molecule has 2 aliphatic heterocycles. The molecule has 5 nitrogen and oxygen atoms in total. The van der Waals surface area contributed by atoms with Gasteiger partial charge in [-0.25, -0.2) is 0 Å². The first-order valence-corrected chi connectivity index (χ1v) is 10.4. The van der Waals surface area contributed by atoms with E-state index in [0.717, 1.165) is 17.1 Å². The molecule has 1 fully saturated rings. The fraction of sp³-hybridized carbons (Fsp3) is 0.174. The van der Waals surface area contributed by atoms with Crippen LogP contribution in [0.25, 0.3) is 0 Å². The summed E-state index contributed by atoms with van der Waals surface area (Å²) in [5.74, 6) is -0.207. The van der Waals surface area contributed by atoms with Crippen molar-refractivity contribution in [2.45, 2.75) is 28.5 Å². The van der Waals surface area contributed by atoms with Gasteiger partial charge in [-0.3, -0.25) is 4.79 Å². The fourth-order valence-corrected chi connectivity index (χ4v) is 4.77. The number of aliphatic hydroxyl groups excluding tert-OH is 1. The van der Waals surface area contributed by atoms with Crippen molar-refractivity contribution >= 4 is 34.7 Å². The van der Waals surface area contributed by atoms with Crippen LogP contribution in [0.2, 0.25) is 0 Å². The molecular formula is C23H20N2O3S. The highest BCUT2D eigenvalue weighted by molar-refractivity contribution is 7.99. The third kappa shape index (κ3) is 3.40. The summed E-state index contributed by atoms with van der Waals surface area (Å²) >= 11 is 1.77. The third-order valence-corrected chi connectivity index (χ3v) is 6.33. The summed E-state index contributed by atoms with van der Waals surface area (Å²) in [6.45, 7) is 0.455. The average molecular weight is 404 g/mol. The molecule has 2 aliphatic rings. The molecule has 2 atom stereocenters. The summed E-state index contributed by atoms with van der Waals surface area (Å²) in [5.41, 5.74) is 3.80. The SMILES string of the molecule is O=C(N[C@H]1CCOC1O)c1ccc(N2c3ccccc3Sc3ccccc32)cc1. The van der Waals surface area contributed by atoms with Crippen molar-refractivity contribution in [1.82, 2.24) is 5.32 Å². The Hall–Kier alpha value is -2.80. The molecule has 0 spiro atoms. The molecule has 29 heavy (non-hydrogen) atoms. The van der Waals surface area contributed by atoms with E-state index in [4.69, 9.17) is 4.74 Å². The van der Waals surface area contributed by atoms with Crippen LogP contribution in [-0.2, 0) is 4.74 Å². The Morgan fingerprint density at radius 2 is 1.59 bits per heavy atom. The van der Waals surface area contributed by atoms with E-state index in [1.165, 1.54) is 9.79 Å². The van der Waals surface area contributed by atoms with Gasteiger partial charge >= 0.3 is 0 Å². The average Bonchev–Trinajstić information content (AvgIpc) is 3.16. The summed E-state index contributed by atoms with van der Waals surface area (Å²) in [6, 6.07) is 23.8. The first kappa shape index (κ1) is 18.2. The number of fused-ring (bicyclic) bond motifs is 2. The van der Waals surface area contributed by atoms with Crippen LogP contribution in [0, 0.1) is 0 Å². The van der Waals surface area contributed by atoms with Gasteiger partial charge in [-0.1, -0.05) is 36.0 Å². The highest BCUT2D eigenvalue weighted by Gasteiger charge is 2.28. The lowest BCUT2D eigenvalue weighted by Crippen LogP contribution is -2.40. The van der Waals surface area contributed by atoms with Gasteiger partial charge in [0.05, 0.1) is 24.0 Å². The van der Waals surface area contributed by atoms with Crippen LogP contribution in [-0.4, -0.2) is 30.0 Å². The zero-order valence-electron chi connectivity index (χ0n) is 15.6. The molecule has 0 aliphatic carbocycles. The second-order valence-corrected chi connectivity index (χ2v) is 8.13. The molecule has 2 N–H and O–H groups in total. The van der Waals surface area contributed by atoms with Crippen molar-refractivity contribution in [3.63, 3.8) is 0 Å². The monoisotopic (exact) mass is 404 g/mol. The number of nitrogens with zero attached hydrogens (tertiary/aromatic N) is 1. The van der Waals surface area contributed by atoms with Gasteiger partial charge in [0.15, 0.2) is 6.29 Å². The Balaban J connectivity index is 1.45. The van der Waals surface area contributed by atoms with Gasteiger partial charge in [-0.2, -0.15) is 0 Å². The number of anilines is 3. The van der Waals surface area contributed by atoms with Crippen molar-refractivity contribution in [3.8, 4) is 0 Å². The zero-order valence-corrected chi connectivity index (χ0v) is 16.4. The van der Waals surface area contributed by atoms with Crippen molar-refractivity contribution in [1.29, 1.82) is 0 Å². The highest BCUT2D eigenvalue weighted by atomic mass is 32.2. The quantitative estimate of drug-likeness (QED) is 0.528. The molecule has 1 amide bonds. The van der Waals surface area contributed by atoms with Crippen LogP contribution in [0.5, 0.6) is 0 Å². The molecule has 2 heterocycles. The van der Waals surface area contributed by atoms with Crippen LogP contribution in [0.1, 0.15) is 16.8 Å². The number of nitrogens with one attached hydrogen (secondary N) is 1. The second-order valence-electron chi connectivity index (χ2n) is 7.05. The third-order valence-electron chi connectivity index (χ3n) is 5.20. The minimum Gasteiger partial charge on any atom is -0.366 e. The van der Waals surface area contributed by atoms with Gasteiger partial charge in [0.25, 0.3) is 5.91 Å². The van der Waals surface area contributed by atoms with E-state index in [2.05, 4.69) is 34.5 Å². The number of benzene rings is 3. The summed E-state index contributed by atoms with van der Waals surface area (Å²) in [4.78, 5) is 17.2. The van der Waals surface area contributed by atoms with E-state index in [-0.39, 0.29) is 11.9 Å². The number of hydrogen-bond acceptors (Lipinski definition) is 5. The van der Waals surface area contributed by atoms with E-state index in [0.29, 0.717) is 18.6 Å². The summed E-state index contributed by atoms with van der Waals surface area (Å²) in [7, 11) is 0. The molecule has 6 heteroatoms. The Kier molecular flexibility index (Phi) is 4.75. The Morgan fingerprint density at radius 1 is 0.966 bits per heavy atom. The van der Waals surface area contributed by atoms with Gasteiger partial charge < -0.3 is 20.1 Å². The number of rotatable bonds is 3. The van der Waals surface area contributed by atoms with E-state index in [9.17, 15) is 9.90 Å². The molecule has 0 aromatic heterocycles. The first-order chi connectivity index (χ1) is 14.2. The van der Waals surface area contributed by atoms with Gasteiger partial charge in [0, 0.05) is 21.0 Å². The maximum atomic E-state index is 12.5. The highest BCUT2D eigenvalue weighted by Crippen LogP contribution is 2.50. The predicted octanol–water partition coefficient (Wildman–Crippen LogP) is 4.46. The summed E-state index contributed by atoms with van der Waals surface area (Å²) < 4.78 is 5.10. The van der Waals surface area contributed by atoms with E-state index in [1.54, 1.807) is 11.8 Å². The number of carbonyl (C=O) groups is 1. The standard InChI is InChI=1S/C23H20N2O3S/c26-22(24-17-13-14-28-23(17)27)15-9-11-16(12-10-15)25-18-5-1-3-7-20(18)29-21-8-4-2-6-19(21)25/h1-12,17,23,27H,13-14H2,(H,24,26)/t17-,23?/m0/s1. The van der Waals surface area contributed by atoms with Crippen molar-refractivity contribution in [3.05, 3.63) is 78.4 Å². The summed E-state index contributed by atoms with van der Waals surface area (Å²) in [5, 5.41) is 12.6. The van der Waals surface area contributed by atoms with Crippen LogP contribution in [0.3, 0.4) is 0 Å². The number of amides is 1. The van der Waals surface area contributed by atoms with Crippen molar-refractivity contribution < 1.29 is 14.6 Å². The molecule has 146 valence electrons. The fourth-order valence-electron chi connectivity index (χ4n) is 3.71. The minimum atomic E-state index is -0.933. The molecule has 3 aromatic rings. The number of hydrogen-bond donors (Lipinski definition) is 2. The molecular weight excluding hydrogens is 384 g/mol. The molecule has 0 bridgehead atoms. The lowest BCUT2D eigenvalue weighted by molar-refractivity contribution is -0.0704. The van der Waals surface area contributed by atoms with Crippen LogP contribution < -0.4 is 10.2 Å². The molecule has 0 saturated carbocycles. The minimum absolute atomic E-state index is 0.207. The molecule has 0 radical (unpaired) electrons. The first-order valence-electron chi connectivity index (χ1n) is 9.57. The molecule has 5 rings (SSSR count). The topological polar surface area (TPSA) is 61.8 Å². The number of aliphatic hydroxyl groups is 1. The number of ether oxygens (including phenoxy) is 1. The van der Waals surface area contributed by atoms with Crippen molar-refractivity contribution in [2.24, 2.45) is 0 Å². The second kappa shape index (κ2) is 7.55. The summed E-state index contributed by atoms with van der Waals surface area (Å²) in [6.07, 6.45) is -0.318. The van der Waals surface area contributed by atoms with E-state index in [1.807, 2.05) is 48.5 Å². The maximum absolute atomic E-state index is 12.5. The predicted molar refractivity (Wildman–Crippen MR) is 113 cm³/mol. The maximum Gasteiger partial charge on any atom is 0.251 e. The van der Waals surface area contributed by atoms with Gasteiger partial charge in [-0.15, -0.1) is 0 Å². The zero-order chi connectivity index (χ0) is 19.8. The van der Waals surface area contributed by atoms with E-state index < -0.39 is 6.29 Å². The molecule has 3 aromatic carbocycles. The largest absolute Gasteiger partial charge is 0.366 e. The van der Waals surface area contributed by atoms with Crippen molar-refractivity contribution in [2.75, 3.05) is 11.5 Å². The van der Waals surface area contributed by atoms with E-state index >= 15 is 0 Å². The normalized spacial score (nSPS) is 20.1. The van der Waals surface area contributed by atoms with Crippen LogP contribution in [0.4, 0.5) is 17.1 Å². The van der Waals surface area contributed by atoms with Gasteiger partial charge in [0.2, 0.25) is 0 Å². The Morgan fingerprint density at radius 3 is 2.17 bits per heavy atom. The van der Waals surface area contributed by atoms with Gasteiger partial charge in [0.1, 0.15) is 0 Å². The molecule has 1 unspecified atom stereocenters. The Bertz CT molecular complexity index is 1010.